The van der Waals surface area contributed by atoms with Gasteiger partial charge in [0.15, 0.2) is 0 Å². The Morgan fingerprint density at radius 2 is 1.63 bits per heavy atom. The molecule has 1 aliphatic rings. The highest BCUT2D eigenvalue weighted by Crippen LogP contribution is 2.40. The minimum absolute atomic E-state index is 0.202. The number of hydrogen-bond acceptors (Lipinski definition) is 3. The highest BCUT2D eigenvalue weighted by Gasteiger charge is 2.38. The van der Waals surface area contributed by atoms with Crippen LogP contribution in [-0.4, -0.2) is 35.1 Å². The monoisotopic (exact) mass is 426 g/mol. The second kappa shape index (κ2) is 8.80. The van der Waals surface area contributed by atoms with Crippen LogP contribution in [0.15, 0.2) is 42.5 Å². The summed E-state index contributed by atoms with van der Waals surface area (Å²) in [5.74, 6) is -1.25. The van der Waals surface area contributed by atoms with Crippen molar-refractivity contribution in [3.8, 4) is 0 Å². The zero-order chi connectivity index (χ0) is 19.6. The van der Waals surface area contributed by atoms with Gasteiger partial charge in [-0.25, -0.2) is 0 Å². The van der Waals surface area contributed by atoms with Crippen LogP contribution >= 0.6 is 34.8 Å². The molecule has 0 saturated carbocycles. The summed E-state index contributed by atoms with van der Waals surface area (Å²) in [4.78, 5) is 15.6. The van der Waals surface area contributed by atoms with Crippen LogP contribution in [0.1, 0.15) is 31.2 Å². The van der Waals surface area contributed by atoms with Gasteiger partial charge in [0.05, 0.1) is 21.7 Å². The molecule has 2 atom stereocenters. The number of nitrogens with zero attached hydrogens (tertiary/aromatic N) is 2. The van der Waals surface area contributed by atoms with E-state index >= 15 is 0 Å². The van der Waals surface area contributed by atoms with E-state index in [1.807, 2.05) is 13.0 Å². The largest absolute Gasteiger partial charge is 0.300 e. The van der Waals surface area contributed by atoms with Gasteiger partial charge >= 0.3 is 0 Å². The maximum absolute atomic E-state index is 13.3. The second-order valence-corrected chi connectivity index (χ2v) is 7.90. The zero-order valence-electron chi connectivity index (χ0n) is 14.9. The van der Waals surface area contributed by atoms with Crippen molar-refractivity contribution in [1.29, 1.82) is 0 Å². The van der Waals surface area contributed by atoms with E-state index in [0.29, 0.717) is 26.4 Å². The SMILES string of the molecule is CC(C(C(=O)N(O)c1ccccc1)c1c(Cl)ccc(Cl)c1Cl)N1CCCC1. The summed E-state index contributed by atoms with van der Waals surface area (Å²) < 4.78 is 0. The van der Waals surface area contributed by atoms with Crippen LogP contribution in [0.3, 0.4) is 0 Å². The Balaban J connectivity index is 2.05. The smallest absolute Gasteiger partial charge is 0.259 e. The van der Waals surface area contributed by atoms with E-state index in [2.05, 4.69) is 4.90 Å². The molecule has 3 rings (SSSR count). The van der Waals surface area contributed by atoms with Crippen molar-refractivity contribution < 1.29 is 10.0 Å². The molecule has 2 unspecified atom stereocenters. The second-order valence-electron chi connectivity index (χ2n) is 6.70. The van der Waals surface area contributed by atoms with Crippen molar-refractivity contribution in [3.63, 3.8) is 0 Å². The van der Waals surface area contributed by atoms with E-state index in [9.17, 15) is 10.0 Å². The maximum Gasteiger partial charge on any atom is 0.259 e. The fraction of sp³-hybridized carbons (Fsp3) is 0.350. The Hall–Kier alpha value is -1.30. The predicted molar refractivity (Wildman–Crippen MR) is 110 cm³/mol. The molecule has 7 heteroatoms. The van der Waals surface area contributed by atoms with Crippen molar-refractivity contribution in [1.82, 2.24) is 4.90 Å². The van der Waals surface area contributed by atoms with Gasteiger partial charge < -0.3 is 0 Å². The van der Waals surface area contributed by atoms with Gasteiger partial charge in [0.25, 0.3) is 5.91 Å². The molecule has 27 heavy (non-hydrogen) atoms. The number of para-hydroxylation sites is 1. The lowest BCUT2D eigenvalue weighted by atomic mass is 9.90. The number of hydroxylamine groups is 1. The standard InChI is InChI=1S/C20H21Cl3N2O2/c1-13(24-11-5-6-12-24)17(18-15(21)9-10-16(22)19(18)23)20(26)25(27)14-7-3-2-4-8-14/h2-4,7-10,13,17,27H,5-6,11-12H2,1H3. The van der Waals surface area contributed by atoms with E-state index < -0.39 is 11.8 Å². The van der Waals surface area contributed by atoms with Crippen LogP contribution < -0.4 is 5.06 Å². The molecule has 0 spiro atoms. The summed E-state index contributed by atoms with van der Waals surface area (Å²) in [6.07, 6.45) is 2.15. The van der Waals surface area contributed by atoms with E-state index in [-0.39, 0.29) is 11.1 Å². The fourth-order valence-corrected chi connectivity index (χ4v) is 4.36. The maximum atomic E-state index is 13.3. The quantitative estimate of drug-likeness (QED) is 0.382. The molecule has 1 aliphatic heterocycles. The van der Waals surface area contributed by atoms with E-state index in [0.717, 1.165) is 25.9 Å². The first-order valence-corrected chi connectivity index (χ1v) is 10.0. The summed E-state index contributed by atoms with van der Waals surface area (Å²) >= 11 is 19.1. The Morgan fingerprint density at radius 3 is 2.26 bits per heavy atom. The van der Waals surface area contributed by atoms with Crippen molar-refractivity contribution in [2.24, 2.45) is 0 Å². The average molecular weight is 428 g/mol. The number of carbonyl (C=O) groups is 1. The number of amides is 1. The molecule has 0 radical (unpaired) electrons. The minimum Gasteiger partial charge on any atom is -0.300 e. The number of anilines is 1. The number of carbonyl (C=O) groups excluding carboxylic acids is 1. The Labute approximate surface area is 174 Å². The van der Waals surface area contributed by atoms with Crippen LogP contribution in [0.4, 0.5) is 5.69 Å². The predicted octanol–water partition coefficient (Wildman–Crippen LogP) is 5.64. The molecule has 2 aromatic rings. The fourth-order valence-electron chi connectivity index (χ4n) is 3.59. The highest BCUT2D eigenvalue weighted by atomic mass is 35.5. The molecule has 2 aromatic carbocycles. The van der Waals surface area contributed by atoms with E-state index in [1.165, 1.54) is 0 Å². The van der Waals surface area contributed by atoms with Crippen LogP contribution in [0.2, 0.25) is 15.1 Å². The van der Waals surface area contributed by atoms with Gasteiger partial charge in [-0.05, 0) is 57.1 Å². The molecular weight excluding hydrogens is 407 g/mol. The summed E-state index contributed by atoms with van der Waals surface area (Å²) in [6, 6.07) is 11.7. The zero-order valence-corrected chi connectivity index (χ0v) is 17.2. The van der Waals surface area contributed by atoms with Crippen molar-refractivity contribution in [3.05, 3.63) is 63.1 Å². The summed E-state index contributed by atoms with van der Waals surface area (Å²) in [5, 5.41) is 12.2. The molecular formula is C20H21Cl3N2O2. The Bertz CT molecular complexity index is 810. The lowest BCUT2D eigenvalue weighted by Crippen LogP contribution is -2.44. The molecule has 1 N–H and O–H groups in total. The third kappa shape index (κ3) is 4.25. The van der Waals surface area contributed by atoms with E-state index in [4.69, 9.17) is 34.8 Å². The molecule has 1 fully saturated rings. The summed E-state index contributed by atoms with van der Waals surface area (Å²) in [5.41, 5.74) is 0.834. The summed E-state index contributed by atoms with van der Waals surface area (Å²) in [6.45, 7) is 3.73. The third-order valence-electron chi connectivity index (χ3n) is 5.07. The van der Waals surface area contributed by atoms with Gasteiger partial charge in [0, 0.05) is 16.6 Å². The molecule has 1 saturated heterocycles. The molecule has 1 amide bonds. The van der Waals surface area contributed by atoms with Crippen LogP contribution in [0.25, 0.3) is 0 Å². The molecule has 4 nitrogen and oxygen atoms in total. The minimum atomic E-state index is -0.757. The average Bonchev–Trinajstić information content (AvgIpc) is 3.22. The molecule has 0 aromatic heterocycles. The van der Waals surface area contributed by atoms with Gasteiger partial charge in [0.2, 0.25) is 0 Å². The molecule has 0 bridgehead atoms. The highest BCUT2D eigenvalue weighted by molar-refractivity contribution is 6.44. The van der Waals surface area contributed by atoms with Gasteiger partial charge in [-0.1, -0.05) is 53.0 Å². The lowest BCUT2D eigenvalue weighted by molar-refractivity contribution is -0.126. The van der Waals surface area contributed by atoms with Crippen LogP contribution in [0, 0.1) is 0 Å². The Morgan fingerprint density at radius 1 is 1.04 bits per heavy atom. The number of benzene rings is 2. The first kappa shape index (κ1) is 20.4. The lowest BCUT2D eigenvalue weighted by Gasteiger charge is -2.33. The van der Waals surface area contributed by atoms with Gasteiger partial charge in [-0.2, -0.15) is 5.06 Å². The molecule has 0 aliphatic carbocycles. The number of halogens is 3. The first-order valence-electron chi connectivity index (χ1n) is 8.87. The summed E-state index contributed by atoms with van der Waals surface area (Å²) in [7, 11) is 0. The van der Waals surface area contributed by atoms with Gasteiger partial charge in [-0.15, -0.1) is 0 Å². The Kier molecular flexibility index (Phi) is 6.66. The van der Waals surface area contributed by atoms with Gasteiger partial charge in [-0.3, -0.25) is 14.9 Å². The van der Waals surface area contributed by atoms with Gasteiger partial charge in [0.1, 0.15) is 0 Å². The third-order valence-corrected chi connectivity index (χ3v) is 6.21. The van der Waals surface area contributed by atoms with E-state index in [1.54, 1.807) is 36.4 Å². The molecule has 144 valence electrons. The molecule has 1 heterocycles. The van der Waals surface area contributed by atoms with Crippen LogP contribution in [-0.2, 0) is 4.79 Å². The van der Waals surface area contributed by atoms with Crippen LogP contribution in [0.5, 0.6) is 0 Å². The van der Waals surface area contributed by atoms with Crippen molar-refractivity contribution in [2.45, 2.75) is 31.7 Å². The number of rotatable bonds is 5. The number of hydrogen-bond donors (Lipinski definition) is 1. The van der Waals surface area contributed by atoms with Crippen molar-refractivity contribution in [2.75, 3.05) is 18.2 Å². The normalized spacial score (nSPS) is 16.9. The van der Waals surface area contributed by atoms with Crippen molar-refractivity contribution >= 4 is 46.4 Å². The first-order chi connectivity index (χ1) is 12.9. The number of likely N-dealkylation sites (tertiary alicyclic amines) is 1. The topological polar surface area (TPSA) is 43.8 Å².